The largest absolute Gasteiger partial charge is 0.497 e. The summed E-state index contributed by atoms with van der Waals surface area (Å²) < 4.78 is 11.6. The smallest absolute Gasteiger partial charge is 0.224 e. The van der Waals surface area contributed by atoms with Crippen LogP contribution in [0.1, 0.15) is 36.8 Å². The number of carbonyl (C=O) groups excluding carboxylic acids is 1. The van der Waals surface area contributed by atoms with Gasteiger partial charge in [-0.15, -0.1) is 0 Å². The Morgan fingerprint density at radius 1 is 1.20 bits per heavy atom. The second-order valence-electron chi connectivity index (χ2n) is 8.43. The molecule has 1 amide bonds. The van der Waals surface area contributed by atoms with Crippen molar-refractivity contribution in [1.29, 1.82) is 0 Å². The summed E-state index contributed by atoms with van der Waals surface area (Å²) in [7, 11) is 1.64. The van der Waals surface area contributed by atoms with Crippen molar-refractivity contribution >= 4 is 5.91 Å². The number of pyridine rings is 1. The van der Waals surface area contributed by atoms with Crippen molar-refractivity contribution in [3.8, 4) is 5.75 Å². The topological polar surface area (TPSA) is 63.7 Å². The fourth-order valence-electron chi connectivity index (χ4n) is 4.49. The predicted molar refractivity (Wildman–Crippen MR) is 115 cm³/mol. The zero-order valence-electron chi connectivity index (χ0n) is 17.7. The molecule has 1 atom stereocenters. The summed E-state index contributed by atoms with van der Waals surface area (Å²) in [5, 5.41) is 3.05. The van der Waals surface area contributed by atoms with Crippen LogP contribution in [0, 0.1) is 0 Å². The zero-order chi connectivity index (χ0) is 20.8. The Bertz CT molecular complexity index is 817. The predicted octanol–water partition coefficient (Wildman–Crippen LogP) is 2.96. The Kier molecular flexibility index (Phi) is 6.65. The molecule has 30 heavy (non-hydrogen) atoms. The molecule has 1 N–H and O–H groups in total. The van der Waals surface area contributed by atoms with Crippen LogP contribution in [-0.2, 0) is 22.5 Å². The highest BCUT2D eigenvalue weighted by Crippen LogP contribution is 2.39. The number of hydrogen-bond donors (Lipinski definition) is 1. The Hall–Kier alpha value is -2.44. The Balaban J connectivity index is 1.18. The average Bonchev–Trinajstić information content (AvgIpc) is 3.18. The summed E-state index contributed by atoms with van der Waals surface area (Å²) in [6, 6.07) is 11.8. The van der Waals surface area contributed by atoms with Crippen molar-refractivity contribution in [2.45, 2.75) is 50.4 Å². The summed E-state index contributed by atoms with van der Waals surface area (Å²) in [6.07, 6.45) is 8.49. The van der Waals surface area contributed by atoms with E-state index in [1.807, 2.05) is 42.7 Å². The second-order valence-corrected chi connectivity index (χ2v) is 8.43. The highest BCUT2D eigenvalue weighted by Gasteiger charge is 2.42. The minimum absolute atomic E-state index is 0.00316. The van der Waals surface area contributed by atoms with Crippen molar-refractivity contribution in [3.63, 3.8) is 0 Å². The minimum Gasteiger partial charge on any atom is -0.497 e. The first kappa shape index (κ1) is 20.8. The van der Waals surface area contributed by atoms with Gasteiger partial charge < -0.3 is 14.8 Å². The number of rotatable bonds is 7. The molecule has 0 aliphatic carbocycles. The molecule has 1 spiro atoms. The van der Waals surface area contributed by atoms with Gasteiger partial charge in [-0.05, 0) is 55.0 Å². The lowest BCUT2D eigenvalue weighted by molar-refractivity contribution is -0.122. The molecule has 0 unspecified atom stereocenters. The summed E-state index contributed by atoms with van der Waals surface area (Å²) in [5.74, 6) is 0.839. The third-order valence-electron chi connectivity index (χ3n) is 6.29. The van der Waals surface area contributed by atoms with Gasteiger partial charge in [0.15, 0.2) is 0 Å². The molecular formula is C24H31N3O3. The van der Waals surface area contributed by atoms with Gasteiger partial charge in [0.05, 0.1) is 25.2 Å². The van der Waals surface area contributed by atoms with Crippen LogP contribution >= 0.6 is 0 Å². The van der Waals surface area contributed by atoms with Crippen LogP contribution < -0.4 is 10.1 Å². The molecule has 0 bridgehead atoms. The monoisotopic (exact) mass is 409 g/mol. The molecule has 4 rings (SSSR count). The first-order chi connectivity index (χ1) is 14.6. The van der Waals surface area contributed by atoms with Gasteiger partial charge in [-0.25, -0.2) is 0 Å². The van der Waals surface area contributed by atoms with Crippen molar-refractivity contribution in [2.24, 2.45) is 0 Å². The maximum atomic E-state index is 12.3. The number of benzene rings is 1. The van der Waals surface area contributed by atoms with E-state index in [2.05, 4.69) is 21.3 Å². The van der Waals surface area contributed by atoms with E-state index in [1.54, 1.807) is 7.11 Å². The summed E-state index contributed by atoms with van der Waals surface area (Å²) in [5.41, 5.74) is 2.24. The van der Waals surface area contributed by atoms with Gasteiger partial charge >= 0.3 is 0 Å². The van der Waals surface area contributed by atoms with Crippen molar-refractivity contribution in [2.75, 3.05) is 26.7 Å². The van der Waals surface area contributed by atoms with E-state index in [0.29, 0.717) is 13.0 Å². The summed E-state index contributed by atoms with van der Waals surface area (Å²) in [6.45, 7) is 3.64. The average molecular weight is 410 g/mol. The Labute approximate surface area is 178 Å². The highest BCUT2D eigenvalue weighted by molar-refractivity contribution is 5.78. The van der Waals surface area contributed by atoms with Gasteiger partial charge in [-0.1, -0.05) is 18.2 Å². The van der Waals surface area contributed by atoms with Gasteiger partial charge in [0.2, 0.25) is 5.91 Å². The number of piperidine rings is 1. The molecule has 3 heterocycles. The third kappa shape index (κ3) is 5.37. The van der Waals surface area contributed by atoms with Crippen molar-refractivity contribution < 1.29 is 14.3 Å². The molecule has 2 aliphatic heterocycles. The molecule has 2 aliphatic rings. The number of hydrogen-bond acceptors (Lipinski definition) is 5. The summed E-state index contributed by atoms with van der Waals surface area (Å²) >= 11 is 0. The first-order valence-corrected chi connectivity index (χ1v) is 10.8. The number of carbonyl (C=O) groups is 1. The van der Waals surface area contributed by atoms with E-state index in [-0.39, 0.29) is 17.6 Å². The fourth-order valence-corrected chi connectivity index (χ4v) is 4.49. The Morgan fingerprint density at radius 3 is 2.70 bits per heavy atom. The number of nitrogens with zero attached hydrogens (tertiary/aromatic N) is 2. The maximum Gasteiger partial charge on any atom is 0.224 e. The number of ether oxygens (including phenoxy) is 2. The highest BCUT2D eigenvalue weighted by atomic mass is 16.5. The lowest BCUT2D eigenvalue weighted by atomic mass is 9.88. The van der Waals surface area contributed by atoms with Crippen LogP contribution in [-0.4, -0.2) is 54.2 Å². The van der Waals surface area contributed by atoms with Gasteiger partial charge in [-0.2, -0.15) is 0 Å². The molecule has 2 fully saturated rings. The molecule has 0 radical (unpaired) electrons. The molecule has 2 saturated heterocycles. The first-order valence-electron chi connectivity index (χ1n) is 10.8. The van der Waals surface area contributed by atoms with Crippen LogP contribution in [0.25, 0.3) is 0 Å². The standard InChI is InChI=1S/C24H31N3O3/c1-29-21-6-4-19(5-7-21)15-23(28)26-17-22-8-9-24(30-22)10-13-27(14-11-24)18-20-3-2-12-25-16-20/h2-7,12,16,22H,8-11,13-15,17-18H2,1H3,(H,26,28)/t22-/m0/s1. The zero-order valence-corrected chi connectivity index (χ0v) is 17.7. The van der Waals surface area contributed by atoms with E-state index < -0.39 is 0 Å². The molecule has 1 aromatic heterocycles. The normalized spacial score (nSPS) is 20.9. The van der Waals surface area contributed by atoms with Gasteiger partial charge in [-0.3, -0.25) is 14.7 Å². The number of likely N-dealkylation sites (tertiary alicyclic amines) is 1. The van der Waals surface area contributed by atoms with Crippen molar-refractivity contribution in [3.05, 3.63) is 59.9 Å². The van der Waals surface area contributed by atoms with E-state index in [1.165, 1.54) is 5.56 Å². The second kappa shape index (κ2) is 9.58. The van der Waals surface area contributed by atoms with Crippen LogP contribution in [0.2, 0.25) is 0 Å². The SMILES string of the molecule is COc1ccc(CC(=O)NC[C@@H]2CCC3(CCN(Cc4cccnc4)CC3)O2)cc1. The van der Waals surface area contributed by atoms with Crippen LogP contribution in [0.4, 0.5) is 0 Å². The lowest BCUT2D eigenvalue weighted by Gasteiger charge is -2.39. The molecular weight excluding hydrogens is 378 g/mol. The Morgan fingerprint density at radius 2 is 2.00 bits per heavy atom. The van der Waals surface area contributed by atoms with E-state index >= 15 is 0 Å². The minimum atomic E-state index is -0.00316. The van der Waals surface area contributed by atoms with Crippen LogP contribution in [0.5, 0.6) is 5.75 Å². The van der Waals surface area contributed by atoms with Gasteiger partial charge in [0, 0.05) is 38.6 Å². The van der Waals surface area contributed by atoms with E-state index in [0.717, 1.165) is 56.6 Å². The number of nitrogens with one attached hydrogen (secondary N) is 1. The third-order valence-corrected chi connectivity index (χ3v) is 6.29. The molecule has 0 saturated carbocycles. The van der Waals surface area contributed by atoms with Crippen molar-refractivity contribution in [1.82, 2.24) is 15.2 Å². The quantitative estimate of drug-likeness (QED) is 0.762. The molecule has 2 aromatic rings. The van der Waals surface area contributed by atoms with Crippen LogP contribution in [0.15, 0.2) is 48.8 Å². The van der Waals surface area contributed by atoms with Gasteiger partial charge in [0.25, 0.3) is 0 Å². The summed E-state index contributed by atoms with van der Waals surface area (Å²) in [4.78, 5) is 19.0. The van der Waals surface area contributed by atoms with Gasteiger partial charge in [0.1, 0.15) is 5.75 Å². The molecule has 6 nitrogen and oxygen atoms in total. The molecule has 1 aromatic carbocycles. The number of amides is 1. The van der Waals surface area contributed by atoms with E-state index in [4.69, 9.17) is 9.47 Å². The number of methoxy groups -OCH3 is 1. The lowest BCUT2D eigenvalue weighted by Crippen LogP contribution is -2.45. The fraction of sp³-hybridized carbons (Fsp3) is 0.500. The van der Waals surface area contributed by atoms with Crippen LogP contribution in [0.3, 0.4) is 0 Å². The molecule has 160 valence electrons. The molecule has 6 heteroatoms. The number of aromatic nitrogens is 1. The maximum absolute atomic E-state index is 12.3. The van der Waals surface area contributed by atoms with E-state index in [9.17, 15) is 4.79 Å².